The molecule has 0 saturated carbocycles. The van der Waals surface area contributed by atoms with Crippen LogP contribution in [0.2, 0.25) is 0 Å². The molecule has 0 aromatic carbocycles. The Labute approximate surface area is 83.9 Å². The highest BCUT2D eigenvalue weighted by Crippen LogP contribution is 2.46. The lowest BCUT2D eigenvalue weighted by molar-refractivity contribution is -0.165. The molecule has 0 radical (unpaired) electrons. The van der Waals surface area contributed by atoms with E-state index in [1.165, 1.54) is 0 Å². The van der Waals surface area contributed by atoms with Crippen LogP contribution in [0, 0.1) is 10.8 Å². The molecule has 0 aliphatic carbocycles. The molecule has 0 aromatic heterocycles. The third-order valence-corrected chi connectivity index (χ3v) is 3.30. The second-order valence-corrected chi connectivity index (χ2v) is 5.97. The van der Waals surface area contributed by atoms with Gasteiger partial charge in [-0.05, 0) is 24.7 Å². The van der Waals surface area contributed by atoms with Gasteiger partial charge in [-0.15, -0.1) is 0 Å². The SMILES string of the molecule is CCOC(C)(C(C)(C)C)C(C)(C)C. The van der Waals surface area contributed by atoms with Crippen LogP contribution < -0.4 is 0 Å². The van der Waals surface area contributed by atoms with E-state index >= 15 is 0 Å². The van der Waals surface area contributed by atoms with E-state index in [0.29, 0.717) is 0 Å². The van der Waals surface area contributed by atoms with Crippen LogP contribution in [0.4, 0.5) is 0 Å². The second kappa shape index (κ2) is 3.61. The van der Waals surface area contributed by atoms with Crippen LogP contribution in [0.3, 0.4) is 0 Å². The number of ether oxygens (including phenoxy) is 1. The van der Waals surface area contributed by atoms with Crippen molar-refractivity contribution in [2.75, 3.05) is 6.61 Å². The molecule has 0 rings (SSSR count). The summed E-state index contributed by atoms with van der Waals surface area (Å²) >= 11 is 0. The molecule has 0 heterocycles. The average molecular weight is 186 g/mol. The summed E-state index contributed by atoms with van der Waals surface area (Å²) in [7, 11) is 0. The number of rotatable bonds is 2. The summed E-state index contributed by atoms with van der Waals surface area (Å²) in [5, 5.41) is 0. The predicted molar refractivity (Wildman–Crippen MR) is 58.9 cm³/mol. The van der Waals surface area contributed by atoms with Gasteiger partial charge in [0.1, 0.15) is 0 Å². The minimum atomic E-state index is -0.0747. The van der Waals surface area contributed by atoms with E-state index in [1.807, 2.05) is 0 Å². The molecular weight excluding hydrogens is 160 g/mol. The van der Waals surface area contributed by atoms with Crippen molar-refractivity contribution in [1.29, 1.82) is 0 Å². The smallest absolute Gasteiger partial charge is 0.0750 e. The Kier molecular flexibility index (Phi) is 3.59. The summed E-state index contributed by atoms with van der Waals surface area (Å²) in [5.41, 5.74) is 0.261. The van der Waals surface area contributed by atoms with Crippen molar-refractivity contribution in [3.63, 3.8) is 0 Å². The molecule has 0 aliphatic heterocycles. The van der Waals surface area contributed by atoms with Gasteiger partial charge in [-0.3, -0.25) is 0 Å². The van der Waals surface area contributed by atoms with E-state index in [9.17, 15) is 0 Å². The van der Waals surface area contributed by atoms with E-state index < -0.39 is 0 Å². The molecule has 0 fully saturated rings. The Balaban J connectivity index is 4.96. The first-order valence-corrected chi connectivity index (χ1v) is 5.20. The summed E-state index contributed by atoms with van der Waals surface area (Å²) in [5.74, 6) is 0. The molecule has 0 aliphatic rings. The van der Waals surface area contributed by atoms with Gasteiger partial charge in [-0.1, -0.05) is 41.5 Å². The van der Waals surface area contributed by atoms with E-state index in [4.69, 9.17) is 4.74 Å². The average Bonchev–Trinajstić information content (AvgIpc) is 1.82. The predicted octanol–water partition coefficient (Wildman–Crippen LogP) is 3.87. The van der Waals surface area contributed by atoms with Gasteiger partial charge in [-0.25, -0.2) is 0 Å². The van der Waals surface area contributed by atoms with Crippen molar-refractivity contribution < 1.29 is 4.74 Å². The fourth-order valence-electron chi connectivity index (χ4n) is 1.85. The summed E-state index contributed by atoms with van der Waals surface area (Å²) in [4.78, 5) is 0. The second-order valence-electron chi connectivity index (χ2n) is 5.97. The van der Waals surface area contributed by atoms with Crippen molar-refractivity contribution in [2.24, 2.45) is 10.8 Å². The summed E-state index contributed by atoms with van der Waals surface area (Å²) in [6.45, 7) is 18.5. The van der Waals surface area contributed by atoms with Gasteiger partial charge in [0.25, 0.3) is 0 Å². The standard InChI is InChI=1S/C12H26O/c1-9-13-12(8,10(2,3)4)11(5,6)7/h9H2,1-8H3. The third-order valence-electron chi connectivity index (χ3n) is 3.30. The van der Waals surface area contributed by atoms with Gasteiger partial charge < -0.3 is 4.74 Å². The maximum atomic E-state index is 5.96. The van der Waals surface area contributed by atoms with Gasteiger partial charge in [0.05, 0.1) is 5.60 Å². The number of hydrogen-bond acceptors (Lipinski definition) is 1. The maximum Gasteiger partial charge on any atom is 0.0750 e. The molecule has 0 aromatic rings. The van der Waals surface area contributed by atoms with Crippen LogP contribution >= 0.6 is 0 Å². The van der Waals surface area contributed by atoms with Gasteiger partial charge in [0.2, 0.25) is 0 Å². The molecule has 0 amide bonds. The lowest BCUT2D eigenvalue weighted by Gasteiger charge is -2.50. The zero-order chi connectivity index (χ0) is 10.9. The highest BCUT2D eigenvalue weighted by Gasteiger charge is 2.47. The van der Waals surface area contributed by atoms with Gasteiger partial charge >= 0.3 is 0 Å². The highest BCUT2D eigenvalue weighted by atomic mass is 16.5. The fraction of sp³-hybridized carbons (Fsp3) is 1.00. The van der Waals surface area contributed by atoms with Crippen LogP contribution in [-0.2, 0) is 4.74 Å². The van der Waals surface area contributed by atoms with Crippen LogP contribution in [0.15, 0.2) is 0 Å². The summed E-state index contributed by atoms with van der Waals surface area (Å²) in [6, 6.07) is 0. The molecule has 1 heteroatoms. The van der Waals surface area contributed by atoms with E-state index in [-0.39, 0.29) is 16.4 Å². The quantitative estimate of drug-likeness (QED) is 0.636. The van der Waals surface area contributed by atoms with Crippen LogP contribution in [-0.4, -0.2) is 12.2 Å². The molecule has 80 valence electrons. The Hall–Kier alpha value is -0.0400. The maximum absolute atomic E-state index is 5.96. The van der Waals surface area contributed by atoms with Crippen molar-refractivity contribution in [2.45, 2.75) is 61.0 Å². The van der Waals surface area contributed by atoms with Crippen LogP contribution in [0.25, 0.3) is 0 Å². The van der Waals surface area contributed by atoms with Gasteiger partial charge in [0, 0.05) is 6.61 Å². The molecule has 13 heavy (non-hydrogen) atoms. The summed E-state index contributed by atoms with van der Waals surface area (Å²) in [6.07, 6.45) is 0. The molecule has 0 bridgehead atoms. The number of hydrogen-bond donors (Lipinski definition) is 0. The Morgan fingerprint density at radius 3 is 1.15 bits per heavy atom. The molecule has 0 atom stereocenters. The van der Waals surface area contributed by atoms with Crippen molar-refractivity contribution in [3.05, 3.63) is 0 Å². The normalized spacial score (nSPS) is 14.8. The molecule has 0 N–H and O–H groups in total. The topological polar surface area (TPSA) is 9.23 Å². The van der Waals surface area contributed by atoms with Crippen molar-refractivity contribution >= 4 is 0 Å². The molecule has 0 unspecified atom stereocenters. The molecule has 0 saturated heterocycles. The lowest BCUT2D eigenvalue weighted by Crippen LogP contribution is -2.52. The Morgan fingerprint density at radius 1 is 0.769 bits per heavy atom. The first-order valence-electron chi connectivity index (χ1n) is 5.20. The minimum absolute atomic E-state index is 0.0747. The zero-order valence-electron chi connectivity index (χ0n) is 10.6. The first-order chi connectivity index (χ1) is 5.56. The van der Waals surface area contributed by atoms with E-state index in [1.54, 1.807) is 0 Å². The third kappa shape index (κ3) is 2.46. The first kappa shape index (κ1) is 13.0. The van der Waals surface area contributed by atoms with Crippen molar-refractivity contribution in [3.8, 4) is 0 Å². The van der Waals surface area contributed by atoms with Crippen molar-refractivity contribution in [1.82, 2.24) is 0 Å². The molecule has 1 nitrogen and oxygen atoms in total. The van der Waals surface area contributed by atoms with Gasteiger partial charge in [-0.2, -0.15) is 0 Å². The zero-order valence-corrected chi connectivity index (χ0v) is 10.6. The fourth-order valence-corrected chi connectivity index (χ4v) is 1.85. The van der Waals surface area contributed by atoms with E-state index in [0.717, 1.165) is 6.61 Å². The Bertz CT molecular complexity index is 143. The minimum Gasteiger partial charge on any atom is -0.374 e. The van der Waals surface area contributed by atoms with Crippen LogP contribution in [0.1, 0.15) is 55.4 Å². The van der Waals surface area contributed by atoms with Gasteiger partial charge in [0.15, 0.2) is 0 Å². The lowest BCUT2D eigenvalue weighted by atomic mass is 9.63. The largest absolute Gasteiger partial charge is 0.374 e. The molecule has 0 spiro atoms. The van der Waals surface area contributed by atoms with Crippen LogP contribution in [0.5, 0.6) is 0 Å². The highest BCUT2D eigenvalue weighted by molar-refractivity contribution is 4.97. The monoisotopic (exact) mass is 186 g/mol. The molecular formula is C12H26O. The summed E-state index contributed by atoms with van der Waals surface area (Å²) < 4.78 is 5.96. The Morgan fingerprint density at radius 2 is 1.08 bits per heavy atom. The van der Waals surface area contributed by atoms with E-state index in [2.05, 4.69) is 55.4 Å².